The van der Waals surface area contributed by atoms with Crippen LogP contribution in [0.15, 0.2) is 11.6 Å². The van der Waals surface area contributed by atoms with Crippen molar-refractivity contribution in [2.45, 2.75) is 282 Å². The highest BCUT2D eigenvalue weighted by atomic mass is 16.6. The van der Waals surface area contributed by atoms with Crippen LogP contribution in [-0.4, -0.2) is 95.6 Å². The van der Waals surface area contributed by atoms with Gasteiger partial charge < -0.3 is 40.8 Å². The van der Waals surface area contributed by atoms with E-state index in [1.54, 1.807) is 7.05 Å². The minimum Gasteiger partial charge on any atom is -0.446 e. The molecule has 12 heteroatoms. The van der Waals surface area contributed by atoms with Gasteiger partial charge in [0.2, 0.25) is 17.7 Å². The quantitative estimate of drug-likeness (QED) is 0.0299. The van der Waals surface area contributed by atoms with Gasteiger partial charge in [-0.3, -0.25) is 14.4 Å². The number of hydrogen-bond acceptors (Lipinski definition) is 8. The zero-order valence-electron chi connectivity index (χ0n) is 55.8. The zero-order valence-corrected chi connectivity index (χ0v) is 55.8. The summed E-state index contributed by atoms with van der Waals surface area (Å²) in [4.78, 5) is 52.2. The van der Waals surface area contributed by atoms with E-state index in [0.29, 0.717) is 70.9 Å². The summed E-state index contributed by atoms with van der Waals surface area (Å²) in [5, 5.41) is 15.4. The number of allylic oxidation sites excluding steroid dienone is 1. The van der Waals surface area contributed by atoms with Gasteiger partial charge in [-0.25, -0.2) is 4.79 Å². The molecule has 4 aliphatic rings. The number of unbranched alkanes of at least 4 members (excludes halogenated alkanes) is 12. The molecule has 3 unspecified atom stereocenters. The number of fused-ring (bicyclic) bond motifs is 5. The predicted molar refractivity (Wildman–Crippen MR) is 340 cm³/mol. The minimum absolute atomic E-state index is 0.0911. The van der Waals surface area contributed by atoms with Gasteiger partial charge in [-0.2, -0.15) is 0 Å². The lowest BCUT2D eigenvalue weighted by molar-refractivity contribution is -0.125. The maximum atomic E-state index is 13.3. The van der Waals surface area contributed by atoms with Crippen LogP contribution in [0.25, 0.3) is 0 Å². The van der Waals surface area contributed by atoms with E-state index in [4.69, 9.17) is 14.2 Å². The van der Waals surface area contributed by atoms with Gasteiger partial charge in [0.15, 0.2) is 0 Å². The van der Waals surface area contributed by atoms with Crippen LogP contribution in [0.3, 0.4) is 0 Å². The summed E-state index contributed by atoms with van der Waals surface area (Å²) in [7, 11) is 1.74. The molecule has 4 amide bonds. The lowest BCUT2D eigenvalue weighted by Crippen LogP contribution is -2.51. The molecule has 0 bridgehead atoms. The predicted octanol–water partition coefficient (Wildman–Crippen LogP) is 15.5. The lowest BCUT2D eigenvalue weighted by Gasteiger charge is -2.58. The Morgan fingerprint density at radius 1 is 0.585 bits per heavy atom. The Morgan fingerprint density at radius 2 is 1.10 bits per heavy atom. The summed E-state index contributed by atoms with van der Waals surface area (Å²) in [6, 6.07) is -0.516. The third-order valence-electron chi connectivity index (χ3n) is 20.3. The number of rotatable bonds is 41. The van der Waals surface area contributed by atoms with Crippen LogP contribution in [0, 0.1) is 68.0 Å². The second-order valence-corrected chi connectivity index (χ2v) is 31.2. The van der Waals surface area contributed by atoms with Crippen molar-refractivity contribution >= 4 is 23.8 Å². The van der Waals surface area contributed by atoms with Gasteiger partial charge in [-0.15, -0.1) is 0 Å². The van der Waals surface area contributed by atoms with E-state index in [1.165, 1.54) is 128 Å². The highest BCUT2D eigenvalue weighted by molar-refractivity contribution is 5.83. The molecule has 0 saturated heterocycles. The van der Waals surface area contributed by atoms with Crippen LogP contribution in [0.2, 0.25) is 0 Å². The molecule has 12 nitrogen and oxygen atoms in total. The fourth-order valence-electron chi connectivity index (χ4n) is 15.0. The van der Waals surface area contributed by atoms with Crippen LogP contribution >= 0.6 is 0 Å². The van der Waals surface area contributed by atoms with E-state index in [0.717, 1.165) is 67.6 Å². The van der Waals surface area contributed by atoms with E-state index in [-0.39, 0.29) is 63.4 Å². The lowest BCUT2D eigenvalue weighted by atomic mass is 9.47. The molecule has 0 heterocycles. The molecule has 0 aliphatic heterocycles. The average Bonchev–Trinajstić information content (AvgIpc) is 3.27. The highest BCUT2D eigenvalue weighted by Gasteiger charge is 2.59. The molecule has 82 heavy (non-hydrogen) atoms. The van der Waals surface area contributed by atoms with Crippen molar-refractivity contribution in [1.82, 2.24) is 26.6 Å². The Balaban J connectivity index is 1.04. The first-order valence-corrected chi connectivity index (χ1v) is 33.9. The number of amides is 4. The molecule has 0 spiro atoms. The van der Waals surface area contributed by atoms with Crippen LogP contribution < -0.4 is 26.6 Å². The molecule has 476 valence electrons. The summed E-state index contributed by atoms with van der Waals surface area (Å²) in [6.07, 6.45) is 33.8. The van der Waals surface area contributed by atoms with E-state index in [9.17, 15) is 19.2 Å². The van der Waals surface area contributed by atoms with Gasteiger partial charge in [0.1, 0.15) is 6.10 Å². The van der Waals surface area contributed by atoms with E-state index < -0.39 is 6.04 Å². The van der Waals surface area contributed by atoms with E-state index in [1.807, 2.05) is 0 Å². The second kappa shape index (κ2) is 34.6. The van der Waals surface area contributed by atoms with Crippen molar-refractivity contribution in [2.75, 3.05) is 59.7 Å². The molecule has 0 aromatic rings. The first kappa shape index (κ1) is 71.8. The van der Waals surface area contributed by atoms with Crippen molar-refractivity contribution in [1.29, 1.82) is 0 Å². The van der Waals surface area contributed by atoms with E-state index in [2.05, 4.69) is 130 Å². The average molecular weight is 1150 g/mol. The SMILES string of the molecule is CCCCCCCCCCCCCCCC(=O)NCC(C)(C)COCC(C)(C)CNC(=O)CC[C@H](NC)C(=O)NCC(C)(C)COCC(C)(C)CNC(=O)O[C@H]1CC[C@@]2(C)C(=CC[C@H]3C4CCC([C@H](C)CCCC(C)C)[C@@]4(C)CCC32)C1. The summed E-state index contributed by atoms with van der Waals surface area (Å²) in [5.74, 6) is 4.71. The summed E-state index contributed by atoms with van der Waals surface area (Å²) in [5.41, 5.74) is 1.05. The van der Waals surface area contributed by atoms with Gasteiger partial charge in [-0.05, 0) is 111 Å². The molecule has 5 N–H and O–H groups in total. The molecule has 0 aromatic carbocycles. The van der Waals surface area contributed by atoms with Crippen molar-refractivity contribution in [2.24, 2.45) is 68.0 Å². The van der Waals surface area contributed by atoms with E-state index >= 15 is 0 Å². The Labute approximate surface area is 503 Å². The molecular formula is C70H129N5O7. The Hall–Kier alpha value is -2.70. The number of ether oxygens (including phenoxy) is 3. The normalized spacial score (nSPS) is 24.6. The molecule has 0 radical (unpaired) electrons. The number of carbonyl (C=O) groups excluding carboxylic acids is 4. The summed E-state index contributed by atoms with van der Waals surface area (Å²) < 4.78 is 18.5. The van der Waals surface area contributed by atoms with Crippen LogP contribution in [0.4, 0.5) is 4.79 Å². The smallest absolute Gasteiger partial charge is 0.407 e. The van der Waals surface area contributed by atoms with Gasteiger partial charge >= 0.3 is 6.09 Å². The molecule has 3 saturated carbocycles. The second-order valence-electron chi connectivity index (χ2n) is 31.2. The standard InChI is InChI=1S/C70H129N5O7/c1-16-17-18-19-20-21-22-23-24-25-26-27-28-32-61(76)72-44-65(5,6)48-80-49-66(7,8)45-73-62(77)38-37-60(71-15)63(78)74-46-67(9,10)50-81-51-68(11,12)47-75-64(79)82-55-39-41-69(13)54(43-55)33-34-56-58-36-35-57(53(4)31-29-30-52(2)3)70(58,14)42-40-59(56)69/h33,52-53,55-60,71H,16-32,34-51H2,1-15H3,(H,72,76)(H,73,77)(H,74,78)(H,75,79)/t53-,55+,56+,57?,58?,59?,60+,69+,70-/m1/s1. The molecule has 0 aromatic heterocycles. The number of hydrogen-bond donors (Lipinski definition) is 5. The third-order valence-corrected chi connectivity index (χ3v) is 20.3. The van der Waals surface area contributed by atoms with Crippen LogP contribution in [0.5, 0.6) is 0 Å². The van der Waals surface area contributed by atoms with Crippen LogP contribution in [0.1, 0.15) is 270 Å². The maximum Gasteiger partial charge on any atom is 0.407 e. The largest absolute Gasteiger partial charge is 0.446 e. The van der Waals surface area contributed by atoms with Crippen molar-refractivity contribution in [3.8, 4) is 0 Å². The monoisotopic (exact) mass is 1150 g/mol. The number of nitrogens with one attached hydrogen (secondary N) is 5. The maximum absolute atomic E-state index is 13.3. The van der Waals surface area contributed by atoms with Crippen molar-refractivity contribution < 1.29 is 33.4 Å². The van der Waals surface area contributed by atoms with Crippen molar-refractivity contribution in [3.05, 3.63) is 11.6 Å². The van der Waals surface area contributed by atoms with Gasteiger partial charge in [0.25, 0.3) is 0 Å². The molecule has 9 atom stereocenters. The van der Waals surface area contributed by atoms with Gasteiger partial charge in [0, 0.05) is 67.1 Å². The number of carbonyl (C=O) groups is 4. The Kier molecular flexibility index (Phi) is 30.3. The summed E-state index contributed by atoms with van der Waals surface area (Å²) >= 11 is 0. The molecule has 4 rings (SSSR count). The highest BCUT2D eigenvalue weighted by Crippen LogP contribution is 2.67. The minimum atomic E-state index is -0.516. The molecule has 3 fully saturated rings. The van der Waals surface area contributed by atoms with Gasteiger partial charge in [-0.1, -0.05) is 205 Å². The molecular weight excluding hydrogens is 1020 g/mol. The summed E-state index contributed by atoms with van der Waals surface area (Å²) in [6.45, 7) is 35.1. The number of likely N-dealkylation sites (N-methyl/N-ethyl adjacent to an activating group) is 1. The Morgan fingerprint density at radius 3 is 1.63 bits per heavy atom. The first-order chi connectivity index (χ1) is 38.6. The fourth-order valence-corrected chi connectivity index (χ4v) is 15.0. The zero-order chi connectivity index (χ0) is 60.6. The van der Waals surface area contributed by atoms with Crippen LogP contribution in [-0.2, 0) is 28.6 Å². The fraction of sp³-hybridized carbons (Fsp3) is 0.914. The van der Waals surface area contributed by atoms with Crippen molar-refractivity contribution in [3.63, 3.8) is 0 Å². The first-order valence-electron chi connectivity index (χ1n) is 33.9. The van der Waals surface area contributed by atoms with Gasteiger partial charge in [0.05, 0.1) is 32.5 Å². The third kappa shape index (κ3) is 24.6. The Bertz CT molecular complexity index is 1930. The molecule has 4 aliphatic carbocycles. The topological polar surface area (TPSA) is 156 Å². The number of alkyl carbamates (subject to hydrolysis) is 1.